The molecule has 1 aliphatic heterocycles. The maximum Gasteiger partial charge on any atom is 0.173 e. The Balaban J connectivity index is 0.00000324. The van der Waals surface area contributed by atoms with E-state index >= 15 is 0 Å². The quantitative estimate of drug-likeness (QED) is 0.502. The van der Waals surface area contributed by atoms with Gasteiger partial charge >= 0.3 is 0 Å². The number of tetrazole rings is 1. The molecule has 0 bridgehead atoms. The third-order valence-corrected chi connectivity index (χ3v) is 6.27. The second-order valence-corrected chi connectivity index (χ2v) is 9.84. The summed E-state index contributed by atoms with van der Waals surface area (Å²) in [6.45, 7) is 17.2. The number of nitrogens with zero attached hydrogens (tertiary/aromatic N) is 6. The number of piperazine rings is 1. The monoisotopic (exact) mass is 484 g/mol. The van der Waals surface area contributed by atoms with Crippen LogP contribution in [0.4, 0.5) is 5.69 Å². The number of benzene rings is 2. The molecule has 0 N–H and O–H groups in total. The summed E-state index contributed by atoms with van der Waals surface area (Å²) in [5.74, 6) is 1.77. The highest BCUT2D eigenvalue weighted by Crippen LogP contribution is 2.32. The van der Waals surface area contributed by atoms with Gasteiger partial charge in [0.15, 0.2) is 5.82 Å². The van der Waals surface area contributed by atoms with E-state index in [1.54, 1.807) is 0 Å². The molecule has 2 heterocycles. The molecule has 1 saturated heterocycles. The maximum atomic E-state index is 5.67. The molecule has 0 amide bonds. The van der Waals surface area contributed by atoms with Gasteiger partial charge in [-0.25, -0.2) is 4.68 Å². The lowest BCUT2D eigenvalue weighted by Crippen LogP contribution is -2.49. The summed E-state index contributed by atoms with van der Waals surface area (Å²) >= 11 is 0. The van der Waals surface area contributed by atoms with Gasteiger partial charge in [-0.3, -0.25) is 4.90 Å². The molecule has 0 aliphatic carbocycles. The van der Waals surface area contributed by atoms with E-state index in [9.17, 15) is 0 Å². The van der Waals surface area contributed by atoms with Crippen molar-refractivity contribution in [1.29, 1.82) is 0 Å². The first-order chi connectivity index (χ1) is 15.8. The first-order valence-electron chi connectivity index (χ1n) is 11.9. The number of anilines is 1. The lowest BCUT2D eigenvalue weighted by Gasteiger charge is -2.41. The molecule has 1 aromatic heterocycles. The Morgan fingerprint density at radius 2 is 1.65 bits per heavy atom. The van der Waals surface area contributed by atoms with Gasteiger partial charge in [-0.05, 0) is 86.9 Å². The zero-order valence-corrected chi connectivity index (χ0v) is 22.0. The predicted molar refractivity (Wildman–Crippen MR) is 139 cm³/mol. The van der Waals surface area contributed by atoms with E-state index in [4.69, 9.17) is 4.74 Å². The van der Waals surface area contributed by atoms with Crippen LogP contribution in [-0.2, 0) is 5.54 Å². The van der Waals surface area contributed by atoms with Crippen molar-refractivity contribution in [3.8, 4) is 5.75 Å². The fraction of sp³-hybridized carbons (Fsp3) is 0.500. The normalized spacial score (nSPS) is 15.6. The van der Waals surface area contributed by atoms with Crippen LogP contribution in [0.5, 0.6) is 5.75 Å². The summed E-state index contributed by atoms with van der Waals surface area (Å²) in [7, 11) is 0. The van der Waals surface area contributed by atoms with Crippen LogP contribution in [0.15, 0.2) is 42.5 Å². The average Bonchev–Trinajstić information content (AvgIpc) is 3.28. The molecule has 3 aromatic rings. The molecule has 7 nitrogen and oxygen atoms in total. The van der Waals surface area contributed by atoms with Crippen molar-refractivity contribution in [2.75, 3.05) is 37.7 Å². The molecular formula is C26H37ClN6O. The summed E-state index contributed by atoms with van der Waals surface area (Å²) in [5.41, 5.74) is 4.94. The molecule has 184 valence electrons. The number of halogens is 1. The smallest absolute Gasteiger partial charge is 0.173 e. The van der Waals surface area contributed by atoms with E-state index in [1.165, 1.54) is 22.4 Å². The van der Waals surface area contributed by atoms with Gasteiger partial charge in [0.05, 0.1) is 18.2 Å². The standard InChI is InChI=1S/C26H36N6O.ClH/c1-7-33-22-12-10-21(11-13-22)24(25-27-28-29-32(25)26(4,5)6)31-16-14-30(15-17-31)23-18-19(2)8-9-20(23)3;/h8-13,18,24H,7,14-17H2,1-6H3;1H. The van der Waals surface area contributed by atoms with Crippen molar-refractivity contribution in [1.82, 2.24) is 25.1 Å². The van der Waals surface area contributed by atoms with Crippen molar-refractivity contribution in [3.05, 3.63) is 65.0 Å². The van der Waals surface area contributed by atoms with E-state index in [-0.39, 0.29) is 24.0 Å². The van der Waals surface area contributed by atoms with E-state index in [0.717, 1.165) is 37.8 Å². The molecule has 1 atom stereocenters. The minimum atomic E-state index is -0.206. The van der Waals surface area contributed by atoms with Crippen LogP contribution in [0.3, 0.4) is 0 Å². The zero-order chi connectivity index (χ0) is 23.6. The van der Waals surface area contributed by atoms with Crippen molar-refractivity contribution in [2.45, 2.75) is 53.1 Å². The summed E-state index contributed by atoms with van der Waals surface area (Å²) in [6, 6.07) is 15.1. The van der Waals surface area contributed by atoms with Gasteiger partial charge < -0.3 is 9.64 Å². The second-order valence-electron chi connectivity index (χ2n) is 9.84. The predicted octanol–water partition coefficient (Wildman–Crippen LogP) is 4.78. The Hall–Kier alpha value is -2.64. The van der Waals surface area contributed by atoms with Crippen LogP contribution < -0.4 is 9.64 Å². The van der Waals surface area contributed by atoms with Crippen LogP contribution >= 0.6 is 12.4 Å². The number of aryl methyl sites for hydroxylation is 2. The largest absolute Gasteiger partial charge is 0.494 e. The Bertz CT molecular complexity index is 1070. The highest BCUT2D eigenvalue weighted by atomic mass is 35.5. The molecule has 0 saturated carbocycles. The molecule has 8 heteroatoms. The lowest BCUT2D eigenvalue weighted by atomic mass is 10.0. The van der Waals surface area contributed by atoms with E-state index in [2.05, 4.69) is 90.3 Å². The first-order valence-corrected chi connectivity index (χ1v) is 11.9. The fourth-order valence-corrected chi connectivity index (χ4v) is 4.56. The van der Waals surface area contributed by atoms with Gasteiger partial charge in [-0.15, -0.1) is 17.5 Å². The Kier molecular flexibility index (Phi) is 8.21. The van der Waals surface area contributed by atoms with Crippen LogP contribution in [-0.4, -0.2) is 57.9 Å². The average molecular weight is 485 g/mol. The van der Waals surface area contributed by atoms with Crippen molar-refractivity contribution in [3.63, 3.8) is 0 Å². The summed E-state index contributed by atoms with van der Waals surface area (Å²) < 4.78 is 7.64. The highest BCUT2D eigenvalue weighted by molar-refractivity contribution is 5.85. The Labute approximate surface area is 209 Å². The lowest BCUT2D eigenvalue weighted by molar-refractivity contribution is 0.191. The van der Waals surface area contributed by atoms with Crippen LogP contribution in [0.2, 0.25) is 0 Å². The number of aromatic nitrogens is 4. The number of ether oxygens (including phenoxy) is 1. The third-order valence-electron chi connectivity index (χ3n) is 6.27. The van der Waals surface area contributed by atoms with Crippen LogP contribution in [0.1, 0.15) is 56.3 Å². The van der Waals surface area contributed by atoms with E-state index in [0.29, 0.717) is 6.61 Å². The molecule has 0 spiro atoms. The number of hydrogen-bond donors (Lipinski definition) is 0. The number of rotatable bonds is 6. The Morgan fingerprint density at radius 1 is 0.971 bits per heavy atom. The molecule has 0 radical (unpaired) electrons. The fourth-order valence-electron chi connectivity index (χ4n) is 4.56. The van der Waals surface area contributed by atoms with Crippen molar-refractivity contribution < 1.29 is 4.74 Å². The molecule has 34 heavy (non-hydrogen) atoms. The Morgan fingerprint density at radius 3 is 2.26 bits per heavy atom. The van der Waals surface area contributed by atoms with Gasteiger partial charge in [-0.2, -0.15) is 0 Å². The SMILES string of the molecule is CCOc1ccc(C(c2nnnn2C(C)(C)C)N2CCN(c3cc(C)ccc3C)CC2)cc1.Cl. The molecule has 4 rings (SSSR count). The first kappa shape index (κ1) is 26.0. The van der Waals surface area contributed by atoms with Gasteiger partial charge in [0, 0.05) is 31.9 Å². The molecule has 1 unspecified atom stereocenters. The number of hydrogen-bond acceptors (Lipinski definition) is 6. The van der Waals surface area contributed by atoms with Gasteiger partial charge in [0.25, 0.3) is 0 Å². The maximum absolute atomic E-state index is 5.67. The molecule has 2 aromatic carbocycles. The molecule has 1 fully saturated rings. The summed E-state index contributed by atoms with van der Waals surface area (Å²) in [5, 5.41) is 12.9. The van der Waals surface area contributed by atoms with Crippen LogP contribution in [0.25, 0.3) is 0 Å². The van der Waals surface area contributed by atoms with Crippen LogP contribution in [0, 0.1) is 13.8 Å². The van der Waals surface area contributed by atoms with Gasteiger partial charge in [0.2, 0.25) is 0 Å². The minimum absolute atomic E-state index is 0. The minimum Gasteiger partial charge on any atom is -0.494 e. The molecular weight excluding hydrogens is 448 g/mol. The third kappa shape index (κ3) is 5.53. The zero-order valence-electron chi connectivity index (χ0n) is 21.2. The molecule has 1 aliphatic rings. The summed E-state index contributed by atoms with van der Waals surface area (Å²) in [6.07, 6.45) is 0. The van der Waals surface area contributed by atoms with Crippen molar-refractivity contribution in [2.24, 2.45) is 0 Å². The van der Waals surface area contributed by atoms with Gasteiger partial charge in [0.1, 0.15) is 5.75 Å². The summed E-state index contributed by atoms with van der Waals surface area (Å²) in [4.78, 5) is 5.01. The van der Waals surface area contributed by atoms with Gasteiger partial charge in [-0.1, -0.05) is 24.3 Å². The topological polar surface area (TPSA) is 59.3 Å². The van der Waals surface area contributed by atoms with Crippen molar-refractivity contribution >= 4 is 18.1 Å². The van der Waals surface area contributed by atoms with E-state index < -0.39 is 0 Å². The highest BCUT2D eigenvalue weighted by Gasteiger charge is 2.33. The van der Waals surface area contributed by atoms with E-state index in [1.807, 2.05) is 23.7 Å². The second kappa shape index (κ2) is 10.7.